The zero-order valence-corrected chi connectivity index (χ0v) is 15.2. The standard InChI is InChI=1S/C18H25ClN2O3/c1-4-17(22)20-15-6-5-9-21(11-15)18(23)13(3)24-16-8-7-14(19)10-12(16)2/h7-8,10,13,15H,4-6,9,11H2,1-3H3,(H,20,22). The molecule has 0 bridgehead atoms. The van der Waals surface area contributed by atoms with Crippen LogP contribution < -0.4 is 10.1 Å². The number of rotatable bonds is 5. The minimum atomic E-state index is -0.578. The maximum Gasteiger partial charge on any atom is 0.263 e. The van der Waals surface area contributed by atoms with Gasteiger partial charge in [0.15, 0.2) is 6.10 Å². The normalized spacial score (nSPS) is 18.8. The van der Waals surface area contributed by atoms with Crippen molar-refractivity contribution < 1.29 is 14.3 Å². The van der Waals surface area contributed by atoms with Crippen LogP contribution in [-0.2, 0) is 9.59 Å². The number of carbonyl (C=O) groups is 2. The number of ether oxygens (including phenoxy) is 1. The van der Waals surface area contributed by atoms with E-state index in [-0.39, 0.29) is 17.9 Å². The molecular weight excluding hydrogens is 328 g/mol. The minimum Gasteiger partial charge on any atom is -0.481 e. The number of aryl methyl sites for hydroxylation is 1. The lowest BCUT2D eigenvalue weighted by Gasteiger charge is -2.34. The van der Waals surface area contributed by atoms with E-state index in [0.29, 0.717) is 30.3 Å². The van der Waals surface area contributed by atoms with E-state index in [9.17, 15) is 9.59 Å². The van der Waals surface area contributed by atoms with Gasteiger partial charge < -0.3 is 15.0 Å². The molecule has 1 aliphatic rings. The van der Waals surface area contributed by atoms with E-state index in [1.54, 1.807) is 24.0 Å². The van der Waals surface area contributed by atoms with Crippen LogP contribution in [0.1, 0.15) is 38.7 Å². The number of piperidine rings is 1. The van der Waals surface area contributed by atoms with Crippen LogP contribution in [0.3, 0.4) is 0 Å². The Balaban J connectivity index is 1.95. The number of benzene rings is 1. The van der Waals surface area contributed by atoms with Gasteiger partial charge in [-0.3, -0.25) is 9.59 Å². The molecular formula is C18H25ClN2O3. The van der Waals surface area contributed by atoms with Crippen molar-refractivity contribution in [2.24, 2.45) is 0 Å². The Labute approximate surface area is 148 Å². The molecule has 0 aromatic heterocycles. The lowest BCUT2D eigenvalue weighted by molar-refractivity contribution is -0.140. The summed E-state index contributed by atoms with van der Waals surface area (Å²) in [5.74, 6) is 0.628. The first-order valence-corrected chi connectivity index (χ1v) is 8.79. The lowest BCUT2D eigenvalue weighted by atomic mass is 10.0. The van der Waals surface area contributed by atoms with E-state index < -0.39 is 6.10 Å². The SMILES string of the molecule is CCC(=O)NC1CCCN(C(=O)C(C)Oc2ccc(Cl)cc2C)C1. The molecule has 5 nitrogen and oxygen atoms in total. The monoisotopic (exact) mass is 352 g/mol. The van der Waals surface area contributed by atoms with Gasteiger partial charge in [-0.1, -0.05) is 18.5 Å². The van der Waals surface area contributed by atoms with Gasteiger partial charge in [0, 0.05) is 30.6 Å². The molecule has 0 spiro atoms. The number of likely N-dealkylation sites (tertiary alicyclic amines) is 1. The van der Waals surface area contributed by atoms with Gasteiger partial charge in [0.1, 0.15) is 5.75 Å². The average Bonchev–Trinajstić information content (AvgIpc) is 2.56. The van der Waals surface area contributed by atoms with E-state index in [1.807, 2.05) is 19.9 Å². The van der Waals surface area contributed by atoms with Crippen molar-refractivity contribution in [3.63, 3.8) is 0 Å². The maximum absolute atomic E-state index is 12.6. The second-order valence-electron chi connectivity index (χ2n) is 6.21. The summed E-state index contributed by atoms with van der Waals surface area (Å²) in [6.45, 7) is 6.72. The van der Waals surface area contributed by atoms with Crippen LogP contribution in [0.15, 0.2) is 18.2 Å². The fourth-order valence-corrected chi connectivity index (χ4v) is 3.09. The molecule has 1 saturated heterocycles. The van der Waals surface area contributed by atoms with E-state index in [1.165, 1.54) is 0 Å². The summed E-state index contributed by atoms with van der Waals surface area (Å²) in [6.07, 6.45) is 1.67. The number of carbonyl (C=O) groups excluding carboxylic acids is 2. The summed E-state index contributed by atoms with van der Waals surface area (Å²) in [5.41, 5.74) is 0.897. The van der Waals surface area contributed by atoms with Crippen molar-refractivity contribution >= 4 is 23.4 Å². The first kappa shape index (κ1) is 18.6. The van der Waals surface area contributed by atoms with Crippen LogP contribution in [0.4, 0.5) is 0 Å². The summed E-state index contributed by atoms with van der Waals surface area (Å²) in [5, 5.41) is 3.61. The highest BCUT2D eigenvalue weighted by atomic mass is 35.5. The van der Waals surface area contributed by atoms with Gasteiger partial charge in [0.25, 0.3) is 5.91 Å². The molecule has 24 heavy (non-hydrogen) atoms. The van der Waals surface area contributed by atoms with E-state index >= 15 is 0 Å². The molecule has 2 amide bonds. The molecule has 0 aliphatic carbocycles. The van der Waals surface area contributed by atoms with Gasteiger partial charge >= 0.3 is 0 Å². The third-order valence-electron chi connectivity index (χ3n) is 4.21. The summed E-state index contributed by atoms with van der Waals surface area (Å²) < 4.78 is 5.82. The molecule has 1 N–H and O–H groups in total. The van der Waals surface area contributed by atoms with Crippen molar-refractivity contribution in [3.05, 3.63) is 28.8 Å². The Morgan fingerprint density at radius 3 is 2.88 bits per heavy atom. The molecule has 1 aliphatic heterocycles. The molecule has 132 valence electrons. The van der Waals surface area contributed by atoms with Gasteiger partial charge in [0.05, 0.1) is 0 Å². The quantitative estimate of drug-likeness (QED) is 0.886. The molecule has 2 unspecified atom stereocenters. The van der Waals surface area contributed by atoms with Crippen LogP contribution in [0.25, 0.3) is 0 Å². The zero-order valence-electron chi connectivity index (χ0n) is 14.5. The Kier molecular flexibility index (Phi) is 6.49. The summed E-state index contributed by atoms with van der Waals surface area (Å²) in [4.78, 5) is 26.0. The fraction of sp³-hybridized carbons (Fsp3) is 0.556. The van der Waals surface area contributed by atoms with Gasteiger partial charge in [-0.15, -0.1) is 0 Å². The smallest absolute Gasteiger partial charge is 0.263 e. The van der Waals surface area contributed by atoms with Crippen molar-refractivity contribution in [2.75, 3.05) is 13.1 Å². The Hall–Kier alpha value is -1.75. The Morgan fingerprint density at radius 1 is 1.46 bits per heavy atom. The van der Waals surface area contributed by atoms with Crippen LogP contribution in [-0.4, -0.2) is 41.9 Å². The summed E-state index contributed by atoms with van der Waals surface area (Å²) in [6, 6.07) is 5.37. The van der Waals surface area contributed by atoms with Crippen LogP contribution >= 0.6 is 11.6 Å². The topological polar surface area (TPSA) is 58.6 Å². The van der Waals surface area contributed by atoms with E-state index in [4.69, 9.17) is 16.3 Å². The predicted molar refractivity (Wildman–Crippen MR) is 94.3 cm³/mol. The number of halogens is 1. The van der Waals surface area contributed by atoms with Gasteiger partial charge in [-0.25, -0.2) is 0 Å². The first-order chi connectivity index (χ1) is 11.4. The van der Waals surface area contributed by atoms with Gasteiger partial charge in [-0.2, -0.15) is 0 Å². The molecule has 2 rings (SSSR count). The van der Waals surface area contributed by atoms with Gasteiger partial charge in [-0.05, 0) is 50.5 Å². The van der Waals surface area contributed by atoms with Crippen LogP contribution in [0.5, 0.6) is 5.75 Å². The van der Waals surface area contributed by atoms with Crippen LogP contribution in [0.2, 0.25) is 5.02 Å². The summed E-state index contributed by atoms with van der Waals surface area (Å²) >= 11 is 5.94. The maximum atomic E-state index is 12.6. The highest BCUT2D eigenvalue weighted by molar-refractivity contribution is 6.30. The molecule has 2 atom stereocenters. The second kappa shape index (κ2) is 8.38. The number of hydrogen-bond donors (Lipinski definition) is 1. The fourth-order valence-electron chi connectivity index (χ4n) is 2.87. The molecule has 0 radical (unpaired) electrons. The molecule has 0 saturated carbocycles. The highest BCUT2D eigenvalue weighted by Gasteiger charge is 2.28. The van der Waals surface area contributed by atoms with Crippen molar-refractivity contribution in [3.8, 4) is 5.75 Å². The molecule has 1 aromatic carbocycles. The Bertz CT molecular complexity index is 606. The third-order valence-corrected chi connectivity index (χ3v) is 4.44. The van der Waals surface area contributed by atoms with Gasteiger partial charge in [0.2, 0.25) is 5.91 Å². The van der Waals surface area contributed by atoms with Crippen molar-refractivity contribution in [1.29, 1.82) is 0 Å². The lowest BCUT2D eigenvalue weighted by Crippen LogP contribution is -2.52. The second-order valence-corrected chi connectivity index (χ2v) is 6.65. The number of amides is 2. The van der Waals surface area contributed by atoms with Crippen LogP contribution in [0, 0.1) is 6.92 Å². The first-order valence-electron chi connectivity index (χ1n) is 8.41. The third kappa shape index (κ3) is 4.87. The molecule has 1 aromatic rings. The minimum absolute atomic E-state index is 0.0235. The van der Waals surface area contributed by atoms with Crippen molar-refractivity contribution in [1.82, 2.24) is 10.2 Å². The molecule has 6 heteroatoms. The predicted octanol–water partition coefficient (Wildman–Crippen LogP) is 2.93. The molecule has 1 fully saturated rings. The van der Waals surface area contributed by atoms with E-state index in [0.717, 1.165) is 18.4 Å². The summed E-state index contributed by atoms with van der Waals surface area (Å²) in [7, 11) is 0. The largest absolute Gasteiger partial charge is 0.481 e. The highest BCUT2D eigenvalue weighted by Crippen LogP contribution is 2.23. The van der Waals surface area contributed by atoms with E-state index in [2.05, 4.69) is 5.32 Å². The number of hydrogen-bond acceptors (Lipinski definition) is 3. The number of nitrogens with zero attached hydrogens (tertiary/aromatic N) is 1. The molecule has 1 heterocycles. The number of nitrogens with one attached hydrogen (secondary N) is 1. The Morgan fingerprint density at radius 2 is 2.21 bits per heavy atom. The van der Waals surface area contributed by atoms with Crippen molar-refractivity contribution in [2.45, 2.75) is 52.2 Å². The average molecular weight is 353 g/mol. The zero-order chi connectivity index (χ0) is 17.7.